The lowest BCUT2D eigenvalue weighted by atomic mass is 10.1. The van der Waals surface area contributed by atoms with Crippen molar-refractivity contribution in [3.63, 3.8) is 0 Å². The van der Waals surface area contributed by atoms with E-state index >= 15 is 0 Å². The molecule has 0 bridgehead atoms. The lowest BCUT2D eigenvalue weighted by Gasteiger charge is -2.19. The molecule has 0 saturated heterocycles. The fraction of sp³-hybridized carbons (Fsp3) is 0.364. The van der Waals surface area contributed by atoms with Gasteiger partial charge in [0.2, 0.25) is 0 Å². The smallest absolute Gasteiger partial charge is 0.437 e. The highest BCUT2D eigenvalue weighted by Crippen LogP contribution is 2.33. The molecule has 0 unspecified atom stereocenters. The molecule has 1 heterocycles. The van der Waals surface area contributed by atoms with Gasteiger partial charge in [-0.15, -0.1) is 0 Å². The molecule has 1 aromatic rings. The van der Waals surface area contributed by atoms with E-state index in [1.54, 1.807) is 0 Å². The van der Waals surface area contributed by atoms with Crippen molar-refractivity contribution < 1.29 is 27.5 Å². The molecule has 0 aliphatic carbocycles. The second-order valence-corrected chi connectivity index (χ2v) is 3.48. The van der Waals surface area contributed by atoms with Gasteiger partial charge >= 0.3 is 6.18 Å². The number of halogens is 3. The summed E-state index contributed by atoms with van der Waals surface area (Å²) < 4.78 is 48.7. The summed E-state index contributed by atoms with van der Waals surface area (Å²) >= 11 is 0. The Labute approximate surface area is 101 Å². The van der Waals surface area contributed by atoms with Gasteiger partial charge in [0.05, 0.1) is 0 Å². The summed E-state index contributed by atoms with van der Waals surface area (Å²) in [7, 11) is 1.06. The van der Waals surface area contributed by atoms with Crippen LogP contribution in [0.4, 0.5) is 13.2 Å². The van der Waals surface area contributed by atoms with Gasteiger partial charge in [0, 0.05) is 5.56 Å². The monoisotopic (exact) mass is 261 g/mol. The van der Waals surface area contributed by atoms with Crippen LogP contribution >= 0.6 is 0 Å². The quantitative estimate of drug-likeness (QED) is 0.606. The zero-order valence-corrected chi connectivity index (χ0v) is 9.45. The lowest BCUT2D eigenvalue weighted by Crippen LogP contribution is -2.25. The molecule has 0 radical (unpaired) electrons. The van der Waals surface area contributed by atoms with Crippen LogP contribution in [0.5, 0.6) is 11.5 Å². The van der Waals surface area contributed by atoms with Crippen LogP contribution in [-0.4, -0.2) is 32.2 Å². The zero-order valence-electron chi connectivity index (χ0n) is 9.45. The van der Waals surface area contributed by atoms with Crippen molar-refractivity contribution in [3.05, 3.63) is 23.8 Å². The minimum absolute atomic E-state index is 0.131. The first kappa shape index (κ1) is 12.5. The average molecular weight is 261 g/mol. The molecule has 2 rings (SSSR count). The van der Waals surface area contributed by atoms with Gasteiger partial charge in [-0.2, -0.15) is 13.2 Å². The molecule has 0 amide bonds. The van der Waals surface area contributed by atoms with Crippen LogP contribution in [-0.2, 0) is 4.84 Å². The van der Waals surface area contributed by atoms with Gasteiger partial charge in [-0.3, -0.25) is 0 Å². The zero-order chi connectivity index (χ0) is 13.2. The molecule has 1 aliphatic rings. The first-order chi connectivity index (χ1) is 8.52. The predicted molar refractivity (Wildman–Crippen MR) is 57.0 cm³/mol. The van der Waals surface area contributed by atoms with Crippen LogP contribution in [0, 0.1) is 0 Å². The molecule has 0 aromatic heterocycles. The van der Waals surface area contributed by atoms with Crippen LogP contribution in [0.25, 0.3) is 0 Å². The fourth-order valence-electron chi connectivity index (χ4n) is 1.55. The first-order valence-corrected chi connectivity index (χ1v) is 5.11. The number of rotatable bonds is 2. The summed E-state index contributed by atoms with van der Waals surface area (Å²) in [5.74, 6) is 0.691. The highest BCUT2D eigenvalue weighted by molar-refractivity contribution is 6.04. The summed E-state index contributed by atoms with van der Waals surface area (Å²) in [4.78, 5) is 4.22. The maximum atomic E-state index is 12.7. The molecule has 0 fully saturated rings. The van der Waals surface area contributed by atoms with Crippen LogP contribution < -0.4 is 9.47 Å². The van der Waals surface area contributed by atoms with E-state index in [9.17, 15) is 13.2 Å². The average Bonchev–Trinajstić information content (AvgIpc) is 2.34. The number of hydrogen-bond donors (Lipinski definition) is 0. The van der Waals surface area contributed by atoms with Crippen molar-refractivity contribution in [2.75, 3.05) is 20.3 Å². The third kappa shape index (κ3) is 2.49. The standard InChI is InChI=1S/C11H10F3NO3/c1-16-15-10(11(12,13)14)7-2-3-8-9(6-7)18-5-4-17-8/h2-3,6H,4-5H2,1H3. The van der Waals surface area contributed by atoms with Gasteiger partial charge in [0.1, 0.15) is 20.3 Å². The van der Waals surface area contributed by atoms with Crippen LogP contribution in [0.3, 0.4) is 0 Å². The molecule has 1 aromatic carbocycles. The van der Waals surface area contributed by atoms with E-state index in [2.05, 4.69) is 9.99 Å². The second-order valence-electron chi connectivity index (χ2n) is 3.48. The first-order valence-electron chi connectivity index (χ1n) is 5.11. The lowest BCUT2D eigenvalue weighted by molar-refractivity contribution is -0.0608. The van der Waals surface area contributed by atoms with Crippen LogP contribution in [0.1, 0.15) is 5.56 Å². The van der Waals surface area contributed by atoms with E-state index in [4.69, 9.17) is 9.47 Å². The number of alkyl halides is 3. The van der Waals surface area contributed by atoms with Crippen molar-refractivity contribution >= 4 is 5.71 Å². The molecule has 98 valence electrons. The summed E-state index contributed by atoms with van der Waals surface area (Å²) in [5, 5.41) is 3.01. The van der Waals surface area contributed by atoms with Gasteiger partial charge in [-0.05, 0) is 18.2 Å². The molecule has 0 N–H and O–H groups in total. The van der Waals surface area contributed by atoms with Crippen LogP contribution in [0.2, 0.25) is 0 Å². The number of fused-ring (bicyclic) bond motifs is 1. The molecule has 1 aliphatic heterocycles. The Bertz CT molecular complexity index is 471. The Morgan fingerprint density at radius 3 is 2.50 bits per heavy atom. The Hall–Kier alpha value is -1.92. The minimum Gasteiger partial charge on any atom is -0.486 e. The van der Waals surface area contributed by atoms with E-state index in [0.717, 1.165) is 7.11 Å². The Morgan fingerprint density at radius 1 is 1.22 bits per heavy atom. The van der Waals surface area contributed by atoms with Crippen molar-refractivity contribution in [1.29, 1.82) is 0 Å². The Morgan fingerprint density at radius 2 is 1.89 bits per heavy atom. The molecular formula is C11H10F3NO3. The van der Waals surface area contributed by atoms with Gasteiger partial charge in [-0.25, -0.2) is 0 Å². The third-order valence-electron chi connectivity index (χ3n) is 2.27. The van der Waals surface area contributed by atoms with Crippen molar-refractivity contribution in [2.45, 2.75) is 6.18 Å². The minimum atomic E-state index is -4.60. The molecular weight excluding hydrogens is 251 g/mol. The second kappa shape index (κ2) is 4.75. The Balaban J connectivity index is 2.40. The van der Waals surface area contributed by atoms with Crippen LogP contribution in [0.15, 0.2) is 23.4 Å². The summed E-state index contributed by atoms with van der Waals surface area (Å²) in [5.41, 5.74) is -1.24. The van der Waals surface area contributed by atoms with Crippen molar-refractivity contribution in [3.8, 4) is 11.5 Å². The summed E-state index contributed by atoms with van der Waals surface area (Å²) in [6.07, 6.45) is -4.60. The molecule has 4 nitrogen and oxygen atoms in total. The topological polar surface area (TPSA) is 40.0 Å². The fourth-order valence-corrected chi connectivity index (χ4v) is 1.55. The number of hydrogen-bond acceptors (Lipinski definition) is 4. The highest BCUT2D eigenvalue weighted by Gasteiger charge is 2.38. The van der Waals surface area contributed by atoms with Gasteiger partial charge < -0.3 is 14.3 Å². The number of oxime groups is 1. The normalized spacial score (nSPS) is 15.4. The molecule has 18 heavy (non-hydrogen) atoms. The molecule has 0 saturated carbocycles. The molecule has 0 spiro atoms. The number of nitrogens with zero attached hydrogens (tertiary/aromatic N) is 1. The van der Waals surface area contributed by atoms with Crippen molar-refractivity contribution in [2.24, 2.45) is 5.16 Å². The molecule has 0 atom stereocenters. The van der Waals surface area contributed by atoms with Crippen molar-refractivity contribution in [1.82, 2.24) is 0 Å². The van der Waals surface area contributed by atoms with Gasteiger partial charge in [0.25, 0.3) is 0 Å². The highest BCUT2D eigenvalue weighted by atomic mass is 19.4. The summed E-state index contributed by atoms with van der Waals surface area (Å²) in [6.45, 7) is 0.684. The largest absolute Gasteiger partial charge is 0.486 e. The van der Waals surface area contributed by atoms with E-state index in [-0.39, 0.29) is 11.3 Å². The van der Waals surface area contributed by atoms with E-state index < -0.39 is 11.9 Å². The van der Waals surface area contributed by atoms with Gasteiger partial charge in [0.15, 0.2) is 17.2 Å². The molecule has 7 heteroatoms. The number of benzene rings is 1. The number of ether oxygens (including phenoxy) is 2. The third-order valence-corrected chi connectivity index (χ3v) is 2.27. The summed E-state index contributed by atoms with van der Waals surface area (Å²) in [6, 6.07) is 3.92. The van der Waals surface area contributed by atoms with E-state index in [1.807, 2.05) is 0 Å². The van der Waals surface area contributed by atoms with Gasteiger partial charge in [-0.1, -0.05) is 5.16 Å². The Kier molecular flexibility index (Phi) is 3.31. The maximum absolute atomic E-state index is 12.7. The maximum Gasteiger partial charge on any atom is 0.437 e. The van der Waals surface area contributed by atoms with E-state index in [0.29, 0.717) is 19.0 Å². The predicted octanol–water partition coefficient (Wildman–Crippen LogP) is 2.37. The SMILES string of the molecule is CON=C(c1ccc2c(c1)OCCO2)C(F)(F)F. The van der Waals surface area contributed by atoms with E-state index in [1.165, 1.54) is 18.2 Å².